The van der Waals surface area contributed by atoms with Crippen LogP contribution >= 0.6 is 34.8 Å². The van der Waals surface area contributed by atoms with Gasteiger partial charge < -0.3 is 5.32 Å². The van der Waals surface area contributed by atoms with Crippen molar-refractivity contribution < 1.29 is 9.18 Å². The molecule has 1 N–H and O–H groups in total. The van der Waals surface area contributed by atoms with Crippen molar-refractivity contribution in [1.82, 2.24) is 4.98 Å². The molecule has 1 amide bonds. The maximum atomic E-state index is 13.0. The molecule has 0 bridgehead atoms. The van der Waals surface area contributed by atoms with Crippen LogP contribution in [0.1, 0.15) is 10.4 Å². The Labute approximate surface area is 123 Å². The summed E-state index contributed by atoms with van der Waals surface area (Å²) in [4.78, 5) is 15.5. The fourth-order valence-corrected chi connectivity index (χ4v) is 1.84. The zero-order chi connectivity index (χ0) is 14.0. The molecule has 98 valence electrons. The molecule has 1 heterocycles. The third kappa shape index (κ3) is 3.35. The van der Waals surface area contributed by atoms with Crippen LogP contribution in [0.3, 0.4) is 0 Å². The van der Waals surface area contributed by atoms with Gasteiger partial charge in [0.1, 0.15) is 11.0 Å². The standard InChI is InChI=1S/C12H6Cl3FN2O/c13-9-2-1-7(4-10(9)14)18-12(19)8-3-6(16)5-17-11(8)15/h1-5H,(H,18,19). The van der Waals surface area contributed by atoms with Crippen molar-refractivity contribution in [1.29, 1.82) is 0 Å². The average Bonchev–Trinajstić information content (AvgIpc) is 2.36. The lowest BCUT2D eigenvalue weighted by Gasteiger charge is -2.07. The van der Waals surface area contributed by atoms with Gasteiger partial charge in [-0.25, -0.2) is 9.37 Å². The van der Waals surface area contributed by atoms with Crippen molar-refractivity contribution in [3.05, 3.63) is 57.0 Å². The van der Waals surface area contributed by atoms with E-state index >= 15 is 0 Å². The molecular weight excluding hydrogens is 314 g/mol. The minimum Gasteiger partial charge on any atom is -0.322 e. The highest BCUT2D eigenvalue weighted by Crippen LogP contribution is 2.25. The summed E-state index contributed by atoms with van der Waals surface area (Å²) >= 11 is 17.3. The highest BCUT2D eigenvalue weighted by atomic mass is 35.5. The molecule has 1 aromatic heterocycles. The van der Waals surface area contributed by atoms with Crippen LogP contribution in [0.5, 0.6) is 0 Å². The van der Waals surface area contributed by atoms with E-state index in [1.165, 1.54) is 12.1 Å². The van der Waals surface area contributed by atoms with E-state index in [4.69, 9.17) is 34.8 Å². The first-order valence-electron chi connectivity index (χ1n) is 5.05. The predicted octanol–water partition coefficient (Wildman–Crippen LogP) is 4.43. The fraction of sp³-hybridized carbons (Fsp3) is 0. The van der Waals surface area contributed by atoms with Gasteiger partial charge >= 0.3 is 0 Å². The lowest BCUT2D eigenvalue weighted by atomic mass is 10.2. The fourth-order valence-electron chi connectivity index (χ4n) is 1.35. The number of benzene rings is 1. The Balaban J connectivity index is 2.25. The van der Waals surface area contributed by atoms with Crippen molar-refractivity contribution in [2.24, 2.45) is 0 Å². The SMILES string of the molecule is O=C(Nc1ccc(Cl)c(Cl)c1)c1cc(F)cnc1Cl. The first-order valence-corrected chi connectivity index (χ1v) is 6.18. The van der Waals surface area contributed by atoms with Crippen molar-refractivity contribution in [2.75, 3.05) is 5.32 Å². The Morgan fingerprint density at radius 1 is 1.16 bits per heavy atom. The molecule has 1 aromatic carbocycles. The van der Waals surface area contributed by atoms with Gasteiger partial charge in [-0.3, -0.25) is 4.79 Å². The molecule has 0 atom stereocenters. The topological polar surface area (TPSA) is 42.0 Å². The number of pyridine rings is 1. The molecule has 0 radical (unpaired) electrons. The second kappa shape index (κ2) is 5.74. The summed E-state index contributed by atoms with van der Waals surface area (Å²) in [5.74, 6) is -1.24. The van der Waals surface area contributed by atoms with Gasteiger partial charge in [0.15, 0.2) is 0 Å². The minimum atomic E-state index is -0.649. The molecule has 0 spiro atoms. The molecular formula is C12H6Cl3FN2O. The van der Waals surface area contributed by atoms with Gasteiger partial charge in [0.05, 0.1) is 21.8 Å². The number of anilines is 1. The summed E-state index contributed by atoms with van der Waals surface area (Å²) in [6.45, 7) is 0. The van der Waals surface area contributed by atoms with E-state index in [0.29, 0.717) is 15.7 Å². The first kappa shape index (κ1) is 14.1. The molecule has 0 aliphatic rings. The Bertz CT molecular complexity index is 649. The third-order valence-electron chi connectivity index (χ3n) is 2.23. The van der Waals surface area contributed by atoms with E-state index in [1.807, 2.05) is 0 Å². The minimum absolute atomic E-state index is 0.0623. The number of hydrogen-bond acceptors (Lipinski definition) is 2. The lowest BCUT2D eigenvalue weighted by molar-refractivity contribution is 0.102. The summed E-state index contributed by atoms with van der Waals surface area (Å²) in [5, 5.41) is 3.10. The van der Waals surface area contributed by atoms with Gasteiger partial charge in [-0.1, -0.05) is 34.8 Å². The van der Waals surface area contributed by atoms with Crippen LogP contribution in [0.2, 0.25) is 15.2 Å². The van der Waals surface area contributed by atoms with Crippen LogP contribution in [-0.2, 0) is 0 Å². The molecule has 0 aliphatic carbocycles. The van der Waals surface area contributed by atoms with Crippen molar-refractivity contribution in [2.45, 2.75) is 0 Å². The molecule has 3 nitrogen and oxygen atoms in total. The Morgan fingerprint density at radius 2 is 1.89 bits per heavy atom. The maximum Gasteiger partial charge on any atom is 0.258 e. The van der Waals surface area contributed by atoms with Crippen LogP contribution in [0.4, 0.5) is 10.1 Å². The molecule has 19 heavy (non-hydrogen) atoms. The second-order valence-corrected chi connectivity index (χ2v) is 4.75. The van der Waals surface area contributed by atoms with Crippen LogP contribution < -0.4 is 5.32 Å². The normalized spacial score (nSPS) is 10.3. The monoisotopic (exact) mass is 318 g/mol. The number of nitrogens with one attached hydrogen (secondary N) is 1. The molecule has 0 saturated heterocycles. The van der Waals surface area contributed by atoms with Gasteiger partial charge in [0.2, 0.25) is 0 Å². The number of hydrogen-bond donors (Lipinski definition) is 1. The number of carbonyl (C=O) groups excluding carboxylic acids is 1. The Hall–Kier alpha value is -1.36. The van der Waals surface area contributed by atoms with Gasteiger partial charge in [-0.2, -0.15) is 0 Å². The quantitative estimate of drug-likeness (QED) is 0.832. The van der Waals surface area contributed by atoms with Gasteiger partial charge in [0.25, 0.3) is 5.91 Å². The highest BCUT2D eigenvalue weighted by Gasteiger charge is 2.13. The number of amides is 1. The largest absolute Gasteiger partial charge is 0.322 e. The van der Waals surface area contributed by atoms with E-state index in [0.717, 1.165) is 12.3 Å². The molecule has 2 aromatic rings. The van der Waals surface area contributed by atoms with Gasteiger partial charge in [0, 0.05) is 5.69 Å². The molecule has 7 heteroatoms. The van der Waals surface area contributed by atoms with E-state index in [1.54, 1.807) is 6.07 Å². The Kier molecular flexibility index (Phi) is 4.24. The summed E-state index contributed by atoms with van der Waals surface area (Å²) in [6.07, 6.45) is 0.929. The zero-order valence-electron chi connectivity index (χ0n) is 9.25. The second-order valence-electron chi connectivity index (χ2n) is 3.57. The van der Waals surface area contributed by atoms with E-state index in [-0.39, 0.29) is 10.7 Å². The maximum absolute atomic E-state index is 13.0. The molecule has 0 aliphatic heterocycles. The summed E-state index contributed by atoms with van der Waals surface area (Å²) in [7, 11) is 0. The van der Waals surface area contributed by atoms with Crippen molar-refractivity contribution in [3.63, 3.8) is 0 Å². The van der Waals surface area contributed by atoms with Gasteiger partial charge in [-0.05, 0) is 24.3 Å². The molecule has 0 fully saturated rings. The van der Waals surface area contributed by atoms with Crippen LogP contribution in [-0.4, -0.2) is 10.9 Å². The Morgan fingerprint density at radius 3 is 2.58 bits per heavy atom. The number of rotatable bonds is 2. The molecule has 0 unspecified atom stereocenters. The lowest BCUT2D eigenvalue weighted by Crippen LogP contribution is -2.13. The van der Waals surface area contributed by atoms with Crippen molar-refractivity contribution >= 4 is 46.4 Å². The number of aromatic nitrogens is 1. The first-order chi connectivity index (χ1) is 8.97. The van der Waals surface area contributed by atoms with Crippen molar-refractivity contribution in [3.8, 4) is 0 Å². The number of nitrogens with zero attached hydrogens (tertiary/aromatic N) is 1. The smallest absolute Gasteiger partial charge is 0.258 e. The van der Waals surface area contributed by atoms with Crippen LogP contribution in [0, 0.1) is 5.82 Å². The van der Waals surface area contributed by atoms with Crippen LogP contribution in [0.15, 0.2) is 30.5 Å². The zero-order valence-corrected chi connectivity index (χ0v) is 11.5. The number of carbonyl (C=O) groups is 1. The molecule has 2 rings (SSSR count). The van der Waals surface area contributed by atoms with E-state index in [9.17, 15) is 9.18 Å². The number of halogens is 4. The van der Waals surface area contributed by atoms with E-state index < -0.39 is 11.7 Å². The van der Waals surface area contributed by atoms with E-state index in [2.05, 4.69) is 10.3 Å². The third-order valence-corrected chi connectivity index (χ3v) is 3.27. The highest BCUT2D eigenvalue weighted by molar-refractivity contribution is 6.42. The van der Waals surface area contributed by atoms with Crippen LogP contribution in [0.25, 0.3) is 0 Å². The summed E-state index contributed by atoms with van der Waals surface area (Å²) in [5.41, 5.74) is 0.354. The summed E-state index contributed by atoms with van der Waals surface area (Å²) < 4.78 is 13.0. The summed E-state index contributed by atoms with van der Waals surface area (Å²) in [6, 6.07) is 5.57. The van der Waals surface area contributed by atoms with Gasteiger partial charge in [-0.15, -0.1) is 0 Å². The predicted molar refractivity (Wildman–Crippen MR) is 73.6 cm³/mol. The average molecular weight is 320 g/mol. The molecule has 0 saturated carbocycles.